The van der Waals surface area contributed by atoms with Crippen molar-refractivity contribution in [1.29, 1.82) is 0 Å². The van der Waals surface area contributed by atoms with Crippen LogP contribution in [0.4, 0.5) is 4.79 Å². The van der Waals surface area contributed by atoms with E-state index < -0.39 is 27.0 Å². The summed E-state index contributed by atoms with van der Waals surface area (Å²) < 4.78 is 25.0. The Labute approximate surface area is 116 Å². The minimum atomic E-state index is -4.10. The second kappa shape index (κ2) is 5.58. The van der Waals surface area contributed by atoms with Crippen LogP contribution < -0.4 is 5.73 Å². The zero-order valence-electron chi connectivity index (χ0n) is 10.6. The molecule has 2 N–H and O–H groups in total. The molecule has 0 bridgehead atoms. The van der Waals surface area contributed by atoms with E-state index in [9.17, 15) is 18.0 Å². The summed E-state index contributed by atoms with van der Waals surface area (Å²) >= 11 is 0. The molecule has 7 nitrogen and oxygen atoms in total. The topological polar surface area (TPSA) is 110 Å². The summed E-state index contributed by atoms with van der Waals surface area (Å²) in [5.41, 5.74) is 5.20. The molecule has 1 atom stereocenters. The highest BCUT2D eigenvalue weighted by molar-refractivity contribution is 7.92. The van der Waals surface area contributed by atoms with E-state index in [4.69, 9.17) is 5.73 Å². The highest BCUT2D eigenvalue weighted by Crippen LogP contribution is 2.22. The Balaban J connectivity index is 2.49. The van der Waals surface area contributed by atoms with E-state index in [-0.39, 0.29) is 11.6 Å². The standard InChI is InChI=1S/C12H14N3O4S/c13-12(17)15-8-4-2-5-9(16)11(15)20(18,19)10-6-1-3-7-14-10/h1,3,5-7,11H,2,4,8H2,(H2,13,17). The molecule has 1 aliphatic rings. The van der Waals surface area contributed by atoms with Crippen molar-refractivity contribution in [1.82, 2.24) is 9.88 Å². The van der Waals surface area contributed by atoms with Gasteiger partial charge < -0.3 is 10.6 Å². The Morgan fingerprint density at radius 1 is 1.40 bits per heavy atom. The number of hydrogen-bond acceptors (Lipinski definition) is 5. The van der Waals surface area contributed by atoms with E-state index in [1.54, 1.807) is 6.07 Å². The number of primary amides is 1. The summed E-state index contributed by atoms with van der Waals surface area (Å²) in [6, 6.07) is 3.41. The third kappa shape index (κ3) is 2.64. The van der Waals surface area contributed by atoms with Crippen molar-refractivity contribution in [3.63, 3.8) is 0 Å². The predicted octanol–water partition coefficient (Wildman–Crippen LogP) is 0.129. The van der Waals surface area contributed by atoms with Gasteiger partial charge in [-0.3, -0.25) is 4.79 Å². The van der Waals surface area contributed by atoms with Gasteiger partial charge in [0.05, 0.1) is 0 Å². The van der Waals surface area contributed by atoms with E-state index in [0.29, 0.717) is 12.8 Å². The van der Waals surface area contributed by atoms with Gasteiger partial charge in [0.1, 0.15) is 0 Å². The van der Waals surface area contributed by atoms with Crippen molar-refractivity contribution < 1.29 is 18.0 Å². The van der Waals surface area contributed by atoms with E-state index in [1.165, 1.54) is 24.8 Å². The number of carbonyl (C=O) groups excluding carboxylic acids is 2. The smallest absolute Gasteiger partial charge is 0.316 e. The largest absolute Gasteiger partial charge is 0.351 e. The lowest BCUT2D eigenvalue weighted by atomic mass is 10.2. The minimum Gasteiger partial charge on any atom is -0.351 e. The summed E-state index contributed by atoms with van der Waals surface area (Å²) in [5.74, 6) is -0.646. The zero-order chi connectivity index (χ0) is 14.8. The van der Waals surface area contributed by atoms with Crippen LogP contribution in [0.2, 0.25) is 0 Å². The molecular weight excluding hydrogens is 282 g/mol. The van der Waals surface area contributed by atoms with Crippen LogP contribution in [0.1, 0.15) is 12.8 Å². The molecule has 0 aliphatic carbocycles. The fourth-order valence-electron chi connectivity index (χ4n) is 2.05. The van der Waals surface area contributed by atoms with Gasteiger partial charge in [-0.25, -0.2) is 18.2 Å². The minimum absolute atomic E-state index is 0.119. The number of nitrogens with two attached hydrogens (primary N) is 1. The molecule has 1 fully saturated rings. The van der Waals surface area contributed by atoms with Crippen LogP contribution in [0.25, 0.3) is 0 Å². The molecule has 2 heterocycles. The van der Waals surface area contributed by atoms with E-state index in [1.807, 2.05) is 0 Å². The maximum absolute atomic E-state index is 12.5. The third-order valence-corrected chi connectivity index (χ3v) is 4.88. The zero-order valence-corrected chi connectivity index (χ0v) is 11.4. The van der Waals surface area contributed by atoms with Gasteiger partial charge in [-0.1, -0.05) is 6.07 Å². The lowest BCUT2D eigenvalue weighted by Gasteiger charge is -2.26. The number of Topliss-reactive ketones (excluding diaryl/α,β-unsaturated/α-hetero) is 1. The van der Waals surface area contributed by atoms with Crippen LogP contribution in [0.3, 0.4) is 0 Å². The van der Waals surface area contributed by atoms with Gasteiger partial charge in [0.2, 0.25) is 15.2 Å². The van der Waals surface area contributed by atoms with E-state index in [0.717, 1.165) is 4.90 Å². The molecule has 0 saturated carbocycles. The van der Waals surface area contributed by atoms with Crippen LogP contribution in [-0.4, -0.2) is 42.0 Å². The summed E-state index contributed by atoms with van der Waals surface area (Å²) in [6.07, 6.45) is 3.50. The number of aromatic nitrogens is 1. The van der Waals surface area contributed by atoms with E-state index in [2.05, 4.69) is 4.98 Å². The molecule has 1 radical (unpaired) electrons. The van der Waals surface area contributed by atoms with Gasteiger partial charge in [-0.15, -0.1) is 0 Å². The van der Waals surface area contributed by atoms with Gasteiger partial charge in [0, 0.05) is 19.2 Å². The molecule has 2 rings (SSSR count). The van der Waals surface area contributed by atoms with Crippen LogP contribution in [-0.2, 0) is 14.6 Å². The second-order valence-electron chi connectivity index (χ2n) is 4.35. The number of amides is 2. The van der Waals surface area contributed by atoms with Crippen molar-refractivity contribution in [2.24, 2.45) is 5.73 Å². The Kier molecular flexibility index (Phi) is 4.03. The first kappa shape index (κ1) is 14.4. The Morgan fingerprint density at radius 3 is 2.75 bits per heavy atom. The molecule has 20 heavy (non-hydrogen) atoms. The van der Waals surface area contributed by atoms with Crippen molar-refractivity contribution in [3.8, 4) is 0 Å². The first-order valence-electron chi connectivity index (χ1n) is 6.02. The number of likely N-dealkylation sites (tertiary alicyclic amines) is 1. The number of carbonyl (C=O) groups is 2. The number of ketones is 1. The first-order chi connectivity index (χ1) is 9.44. The molecule has 1 unspecified atom stereocenters. The molecule has 2 amide bonds. The van der Waals surface area contributed by atoms with Crippen LogP contribution in [0.15, 0.2) is 29.4 Å². The summed E-state index contributed by atoms with van der Waals surface area (Å²) in [4.78, 5) is 28.1. The SMILES string of the molecule is NC(=O)N1CCC[CH]C(=O)C1S(=O)(=O)c1ccccn1. The quantitative estimate of drug-likeness (QED) is 0.834. The van der Waals surface area contributed by atoms with Crippen molar-refractivity contribution in [3.05, 3.63) is 30.8 Å². The monoisotopic (exact) mass is 296 g/mol. The number of sulfone groups is 1. The van der Waals surface area contributed by atoms with Gasteiger partial charge >= 0.3 is 6.03 Å². The predicted molar refractivity (Wildman–Crippen MR) is 70.0 cm³/mol. The molecule has 0 spiro atoms. The number of pyridine rings is 1. The fourth-order valence-corrected chi connectivity index (χ4v) is 3.70. The summed E-state index contributed by atoms with van der Waals surface area (Å²) in [7, 11) is -4.10. The average Bonchev–Trinajstić information content (AvgIpc) is 2.62. The summed E-state index contributed by atoms with van der Waals surface area (Å²) in [6.45, 7) is 0.119. The van der Waals surface area contributed by atoms with Crippen LogP contribution >= 0.6 is 0 Å². The molecular formula is C12H14N3O4S. The molecule has 1 aliphatic heterocycles. The van der Waals surface area contributed by atoms with Crippen molar-refractivity contribution >= 4 is 21.7 Å². The molecule has 1 aromatic heterocycles. The van der Waals surface area contributed by atoms with E-state index >= 15 is 0 Å². The molecule has 1 saturated heterocycles. The Hall–Kier alpha value is -1.96. The fraction of sp³-hybridized carbons (Fsp3) is 0.333. The third-order valence-electron chi connectivity index (χ3n) is 2.98. The first-order valence-corrected chi connectivity index (χ1v) is 7.57. The Bertz CT molecular complexity index is 615. The highest BCUT2D eigenvalue weighted by atomic mass is 32.2. The van der Waals surface area contributed by atoms with Gasteiger partial charge in [-0.2, -0.15) is 0 Å². The maximum Gasteiger partial charge on any atom is 0.316 e. The number of hydrogen-bond donors (Lipinski definition) is 1. The molecule has 1 aromatic rings. The lowest BCUT2D eigenvalue weighted by Crippen LogP contribution is -2.51. The van der Waals surface area contributed by atoms with Gasteiger partial charge in [0.15, 0.2) is 10.8 Å². The second-order valence-corrected chi connectivity index (χ2v) is 6.30. The molecule has 8 heteroatoms. The van der Waals surface area contributed by atoms with Gasteiger partial charge in [0.25, 0.3) is 0 Å². The Morgan fingerprint density at radius 2 is 2.15 bits per heavy atom. The lowest BCUT2D eigenvalue weighted by molar-refractivity contribution is -0.117. The number of rotatable bonds is 2. The van der Waals surface area contributed by atoms with Crippen molar-refractivity contribution in [2.45, 2.75) is 23.2 Å². The van der Waals surface area contributed by atoms with Crippen molar-refractivity contribution in [2.75, 3.05) is 6.54 Å². The molecule has 107 valence electrons. The molecule has 0 aromatic carbocycles. The average molecular weight is 296 g/mol. The normalized spacial score (nSPS) is 20.5. The van der Waals surface area contributed by atoms with Crippen LogP contribution in [0.5, 0.6) is 0 Å². The number of urea groups is 1. The van der Waals surface area contributed by atoms with Crippen LogP contribution in [0, 0.1) is 6.42 Å². The van der Waals surface area contributed by atoms with Gasteiger partial charge in [-0.05, 0) is 25.0 Å². The summed E-state index contributed by atoms with van der Waals surface area (Å²) in [5, 5.41) is -1.88. The number of nitrogens with zero attached hydrogens (tertiary/aromatic N) is 2. The highest BCUT2D eigenvalue weighted by Gasteiger charge is 2.42. The maximum atomic E-state index is 12.5.